The van der Waals surface area contributed by atoms with Gasteiger partial charge in [-0.1, -0.05) is 12.1 Å². The molecule has 0 bridgehead atoms. The number of rotatable bonds is 9. The number of sulfonamides is 1. The van der Waals surface area contributed by atoms with E-state index < -0.39 is 10.0 Å². The standard InChI is InChI=1S/C24H26N2O5S/c1-4-31-22-13-15-23(16-14-22)32(28,29)25-20-9-7-19(8-10-20)24(27)26(2)17-18-5-11-21(30-3)12-6-18/h5-16,25H,4,17H2,1-3H3. The van der Waals surface area contributed by atoms with Gasteiger partial charge in [0.15, 0.2) is 0 Å². The molecule has 0 spiro atoms. The first-order valence-electron chi connectivity index (χ1n) is 10.1. The smallest absolute Gasteiger partial charge is 0.261 e. The lowest BCUT2D eigenvalue weighted by Gasteiger charge is -2.18. The van der Waals surface area contributed by atoms with E-state index in [1.807, 2.05) is 31.2 Å². The maximum absolute atomic E-state index is 12.7. The van der Waals surface area contributed by atoms with E-state index in [9.17, 15) is 13.2 Å². The van der Waals surface area contributed by atoms with Gasteiger partial charge in [0.2, 0.25) is 0 Å². The summed E-state index contributed by atoms with van der Waals surface area (Å²) in [6, 6.07) is 20.0. The highest BCUT2D eigenvalue weighted by atomic mass is 32.2. The Balaban J connectivity index is 1.64. The van der Waals surface area contributed by atoms with E-state index in [4.69, 9.17) is 9.47 Å². The van der Waals surface area contributed by atoms with Crippen LogP contribution in [0.25, 0.3) is 0 Å². The minimum atomic E-state index is -3.75. The van der Waals surface area contributed by atoms with Crippen molar-refractivity contribution in [2.24, 2.45) is 0 Å². The number of carbonyl (C=O) groups excluding carboxylic acids is 1. The predicted molar refractivity (Wildman–Crippen MR) is 124 cm³/mol. The monoisotopic (exact) mass is 454 g/mol. The SMILES string of the molecule is CCOc1ccc(S(=O)(=O)Nc2ccc(C(=O)N(C)Cc3ccc(OC)cc3)cc2)cc1. The first-order valence-corrected chi connectivity index (χ1v) is 11.5. The van der Waals surface area contributed by atoms with Crippen LogP contribution in [0.5, 0.6) is 11.5 Å². The molecule has 1 N–H and O–H groups in total. The molecule has 0 atom stereocenters. The van der Waals surface area contributed by atoms with Gasteiger partial charge >= 0.3 is 0 Å². The molecule has 0 unspecified atom stereocenters. The second-order valence-corrected chi connectivity index (χ2v) is 8.78. The van der Waals surface area contributed by atoms with Gasteiger partial charge in [0, 0.05) is 24.8 Å². The third-order valence-electron chi connectivity index (χ3n) is 4.75. The summed E-state index contributed by atoms with van der Waals surface area (Å²) in [5.74, 6) is 1.20. The predicted octanol–water partition coefficient (Wildman–Crippen LogP) is 4.17. The van der Waals surface area contributed by atoms with Crippen molar-refractivity contribution in [1.82, 2.24) is 4.90 Å². The molecule has 7 nitrogen and oxygen atoms in total. The number of amides is 1. The van der Waals surface area contributed by atoms with E-state index in [1.165, 1.54) is 12.1 Å². The highest BCUT2D eigenvalue weighted by molar-refractivity contribution is 7.92. The Hall–Kier alpha value is -3.52. The zero-order chi connectivity index (χ0) is 23.1. The number of benzene rings is 3. The lowest BCUT2D eigenvalue weighted by molar-refractivity contribution is 0.0785. The van der Waals surface area contributed by atoms with Gasteiger partial charge in [0.05, 0.1) is 18.6 Å². The van der Waals surface area contributed by atoms with Crippen LogP contribution < -0.4 is 14.2 Å². The van der Waals surface area contributed by atoms with Crippen LogP contribution in [0.3, 0.4) is 0 Å². The van der Waals surface area contributed by atoms with Crippen molar-refractivity contribution in [3.8, 4) is 11.5 Å². The van der Waals surface area contributed by atoms with Gasteiger partial charge < -0.3 is 14.4 Å². The molecule has 0 saturated heterocycles. The Kier molecular flexibility index (Phi) is 7.37. The lowest BCUT2D eigenvalue weighted by Crippen LogP contribution is -2.26. The Morgan fingerprint density at radius 3 is 2.06 bits per heavy atom. The molecule has 0 heterocycles. The molecule has 0 radical (unpaired) electrons. The van der Waals surface area contributed by atoms with Gasteiger partial charge in [0.1, 0.15) is 11.5 Å². The first-order chi connectivity index (χ1) is 15.3. The maximum atomic E-state index is 12.7. The van der Waals surface area contributed by atoms with Gasteiger partial charge in [-0.2, -0.15) is 0 Å². The normalized spacial score (nSPS) is 11.0. The molecule has 3 aromatic carbocycles. The highest BCUT2D eigenvalue weighted by Gasteiger charge is 2.16. The van der Waals surface area contributed by atoms with Crippen LogP contribution in [0, 0.1) is 0 Å². The van der Waals surface area contributed by atoms with E-state index in [0.717, 1.165) is 11.3 Å². The Morgan fingerprint density at radius 1 is 0.906 bits per heavy atom. The molecular formula is C24H26N2O5S. The number of anilines is 1. The number of hydrogen-bond acceptors (Lipinski definition) is 5. The van der Waals surface area contributed by atoms with Crippen LogP contribution in [0.15, 0.2) is 77.7 Å². The van der Waals surface area contributed by atoms with Crippen LogP contribution in [0.4, 0.5) is 5.69 Å². The Morgan fingerprint density at radius 2 is 1.50 bits per heavy atom. The summed E-state index contributed by atoms with van der Waals surface area (Å²) in [5.41, 5.74) is 1.81. The van der Waals surface area contributed by atoms with Crippen molar-refractivity contribution in [2.45, 2.75) is 18.4 Å². The number of ether oxygens (including phenoxy) is 2. The maximum Gasteiger partial charge on any atom is 0.261 e. The van der Waals surface area contributed by atoms with Crippen molar-refractivity contribution < 1.29 is 22.7 Å². The van der Waals surface area contributed by atoms with Crippen molar-refractivity contribution in [3.05, 3.63) is 83.9 Å². The minimum absolute atomic E-state index is 0.125. The Bertz CT molecular complexity index is 1140. The van der Waals surface area contributed by atoms with Crippen molar-refractivity contribution in [2.75, 3.05) is 25.5 Å². The van der Waals surface area contributed by atoms with E-state index in [0.29, 0.717) is 30.2 Å². The first kappa shape index (κ1) is 23.1. The molecule has 0 saturated carbocycles. The lowest BCUT2D eigenvalue weighted by atomic mass is 10.1. The van der Waals surface area contributed by atoms with Crippen LogP contribution in [-0.2, 0) is 16.6 Å². The van der Waals surface area contributed by atoms with Crippen LogP contribution >= 0.6 is 0 Å². The number of nitrogens with zero attached hydrogens (tertiary/aromatic N) is 1. The fourth-order valence-corrected chi connectivity index (χ4v) is 4.13. The minimum Gasteiger partial charge on any atom is -0.497 e. The van der Waals surface area contributed by atoms with Gasteiger partial charge in [-0.3, -0.25) is 9.52 Å². The Labute approximate surface area is 188 Å². The largest absolute Gasteiger partial charge is 0.497 e. The molecule has 8 heteroatoms. The molecule has 0 fully saturated rings. The third kappa shape index (κ3) is 5.79. The second kappa shape index (κ2) is 10.2. The van der Waals surface area contributed by atoms with Gasteiger partial charge in [-0.15, -0.1) is 0 Å². The third-order valence-corrected chi connectivity index (χ3v) is 6.15. The van der Waals surface area contributed by atoms with Crippen molar-refractivity contribution in [3.63, 3.8) is 0 Å². The number of carbonyl (C=O) groups is 1. The summed E-state index contributed by atoms with van der Waals surface area (Å²) < 4.78 is 38.2. The molecule has 1 amide bonds. The number of methoxy groups -OCH3 is 1. The second-order valence-electron chi connectivity index (χ2n) is 7.10. The number of hydrogen-bond donors (Lipinski definition) is 1. The van der Waals surface area contributed by atoms with Gasteiger partial charge in [-0.05, 0) is 73.2 Å². The average Bonchev–Trinajstić information content (AvgIpc) is 2.80. The molecule has 0 aromatic heterocycles. The summed E-state index contributed by atoms with van der Waals surface area (Å²) >= 11 is 0. The molecule has 0 aliphatic carbocycles. The molecule has 0 aliphatic heterocycles. The fraction of sp³-hybridized carbons (Fsp3) is 0.208. The van der Waals surface area contributed by atoms with Gasteiger partial charge in [-0.25, -0.2) is 8.42 Å². The summed E-state index contributed by atoms with van der Waals surface area (Å²) in [6.45, 7) is 2.80. The number of nitrogens with one attached hydrogen (secondary N) is 1. The zero-order valence-electron chi connectivity index (χ0n) is 18.2. The summed E-state index contributed by atoms with van der Waals surface area (Å²) in [7, 11) is -0.431. The van der Waals surface area contributed by atoms with Gasteiger partial charge in [0.25, 0.3) is 15.9 Å². The van der Waals surface area contributed by atoms with Crippen LogP contribution in [0.2, 0.25) is 0 Å². The fourth-order valence-electron chi connectivity index (χ4n) is 3.07. The van der Waals surface area contributed by atoms with E-state index >= 15 is 0 Å². The van der Waals surface area contributed by atoms with Crippen molar-refractivity contribution in [1.29, 1.82) is 0 Å². The van der Waals surface area contributed by atoms with E-state index in [2.05, 4.69) is 4.72 Å². The van der Waals surface area contributed by atoms with Crippen LogP contribution in [0.1, 0.15) is 22.8 Å². The van der Waals surface area contributed by atoms with Crippen LogP contribution in [-0.4, -0.2) is 40.0 Å². The molecular weight excluding hydrogens is 428 g/mol. The quantitative estimate of drug-likeness (QED) is 0.525. The highest BCUT2D eigenvalue weighted by Crippen LogP contribution is 2.20. The molecule has 3 rings (SSSR count). The molecule has 32 heavy (non-hydrogen) atoms. The summed E-state index contributed by atoms with van der Waals surface area (Å²) in [6.07, 6.45) is 0. The zero-order valence-corrected chi connectivity index (χ0v) is 19.1. The molecule has 168 valence electrons. The topological polar surface area (TPSA) is 84.9 Å². The summed E-state index contributed by atoms with van der Waals surface area (Å²) in [5, 5.41) is 0. The average molecular weight is 455 g/mol. The summed E-state index contributed by atoms with van der Waals surface area (Å²) in [4.78, 5) is 14.4. The molecule has 0 aliphatic rings. The van der Waals surface area contributed by atoms with Crippen molar-refractivity contribution >= 4 is 21.6 Å². The van der Waals surface area contributed by atoms with E-state index in [-0.39, 0.29) is 10.8 Å². The van der Waals surface area contributed by atoms with E-state index in [1.54, 1.807) is 55.5 Å². The molecule has 3 aromatic rings.